The minimum Gasteiger partial charge on any atom is -0.316 e. The number of rotatable bonds is 8. The second-order valence-electron chi connectivity index (χ2n) is 6.28. The SMILES string of the molecule is CCCC(C)CC1CCC1CNCC(C)C. The van der Waals surface area contributed by atoms with Gasteiger partial charge in [-0.2, -0.15) is 0 Å². The maximum Gasteiger partial charge on any atom is -0.00178 e. The van der Waals surface area contributed by atoms with Gasteiger partial charge in [-0.05, 0) is 56.0 Å². The normalized spacial score (nSPS) is 26.8. The van der Waals surface area contributed by atoms with Crippen LogP contribution in [-0.4, -0.2) is 13.1 Å². The van der Waals surface area contributed by atoms with Crippen LogP contribution in [0.2, 0.25) is 0 Å². The molecule has 0 aromatic rings. The van der Waals surface area contributed by atoms with Crippen LogP contribution in [0.3, 0.4) is 0 Å². The number of hydrogen-bond donors (Lipinski definition) is 1. The lowest BCUT2D eigenvalue weighted by atomic mass is 9.69. The molecule has 0 amide bonds. The number of hydrogen-bond acceptors (Lipinski definition) is 1. The molecule has 16 heavy (non-hydrogen) atoms. The van der Waals surface area contributed by atoms with Crippen molar-refractivity contribution in [3.05, 3.63) is 0 Å². The molecule has 96 valence electrons. The standard InChI is InChI=1S/C15H31N/c1-5-6-13(4)9-14-7-8-15(14)11-16-10-12(2)3/h12-16H,5-11H2,1-4H3. The highest BCUT2D eigenvalue weighted by atomic mass is 14.9. The van der Waals surface area contributed by atoms with E-state index in [0.717, 1.165) is 23.7 Å². The molecule has 1 rings (SSSR count). The van der Waals surface area contributed by atoms with Crippen LogP contribution in [0.15, 0.2) is 0 Å². The van der Waals surface area contributed by atoms with E-state index in [1.807, 2.05) is 0 Å². The van der Waals surface area contributed by atoms with Crippen LogP contribution in [0.25, 0.3) is 0 Å². The van der Waals surface area contributed by atoms with Crippen molar-refractivity contribution in [3.63, 3.8) is 0 Å². The van der Waals surface area contributed by atoms with Gasteiger partial charge in [0.2, 0.25) is 0 Å². The van der Waals surface area contributed by atoms with E-state index in [1.54, 1.807) is 0 Å². The fraction of sp³-hybridized carbons (Fsp3) is 1.00. The monoisotopic (exact) mass is 225 g/mol. The summed E-state index contributed by atoms with van der Waals surface area (Å²) in [5.74, 6) is 3.75. The predicted octanol–water partition coefficient (Wildman–Crippen LogP) is 4.08. The first-order chi connectivity index (χ1) is 7.63. The van der Waals surface area contributed by atoms with E-state index in [9.17, 15) is 0 Å². The molecule has 1 nitrogen and oxygen atoms in total. The van der Waals surface area contributed by atoms with Gasteiger partial charge in [-0.3, -0.25) is 0 Å². The van der Waals surface area contributed by atoms with Crippen molar-refractivity contribution in [1.29, 1.82) is 0 Å². The molecular weight excluding hydrogens is 194 g/mol. The van der Waals surface area contributed by atoms with Gasteiger partial charge in [0, 0.05) is 0 Å². The summed E-state index contributed by atoms with van der Waals surface area (Å²) in [6.07, 6.45) is 7.20. The van der Waals surface area contributed by atoms with Gasteiger partial charge >= 0.3 is 0 Å². The average molecular weight is 225 g/mol. The lowest BCUT2D eigenvalue weighted by Gasteiger charge is -2.38. The molecule has 0 aromatic heterocycles. The maximum absolute atomic E-state index is 3.62. The van der Waals surface area contributed by atoms with Crippen LogP contribution >= 0.6 is 0 Å². The predicted molar refractivity (Wildman–Crippen MR) is 72.6 cm³/mol. The van der Waals surface area contributed by atoms with Crippen LogP contribution in [0.4, 0.5) is 0 Å². The van der Waals surface area contributed by atoms with Gasteiger partial charge in [-0.15, -0.1) is 0 Å². The van der Waals surface area contributed by atoms with Crippen LogP contribution in [0.5, 0.6) is 0 Å². The Hall–Kier alpha value is -0.0400. The van der Waals surface area contributed by atoms with E-state index in [4.69, 9.17) is 0 Å². The van der Waals surface area contributed by atoms with Gasteiger partial charge in [0.25, 0.3) is 0 Å². The molecule has 1 aliphatic carbocycles. The van der Waals surface area contributed by atoms with E-state index >= 15 is 0 Å². The van der Waals surface area contributed by atoms with Crippen molar-refractivity contribution in [1.82, 2.24) is 5.32 Å². The first-order valence-electron chi connectivity index (χ1n) is 7.34. The van der Waals surface area contributed by atoms with Crippen molar-refractivity contribution in [3.8, 4) is 0 Å². The zero-order chi connectivity index (χ0) is 12.0. The first-order valence-corrected chi connectivity index (χ1v) is 7.34. The molecule has 0 aliphatic heterocycles. The van der Waals surface area contributed by atoms with E-state index in [2.05, 4.69) is 33.0 Å². The maximum atomic E-state index is 3.62. The molecule has 1 heteroatoms. The fourth-order valence-corrected chi connectivity index (χ4v) is 2.90. The summed E-state index contributed by atoms with van der Waals surface area (Å²) in [5, 5.41) is 3.62. The topological polar surface area (TPSA) is 12.0 Å². The highest BCUT2D eigenvalue weighted by Crippen LogP contribution is 2.39. The zero-order valence-electron chi connectivity index (χ0n) is 11.8. The molecule has 1 aliphatic rings. The molecule has 1 N–H and O–H groups in total. The largest absolute Gasteiger partial charge is 0.316 e. The number of nitrogens with one attached hydrogen (secondary N) is 1. The molecule has 0 spiro atoms. The van der Waals surface area contributed by atoms with E-state index in [0.29, 0.717) is 0 Å². The molecule has 0 radical (unpaired) electrons. The Morgan fingerprint density at radius 2 is 1.81 bits per heavy atom. The Balaban J connectivity index is 2.10. The van der Waals surface area contributed by atoms with E-state index < -0.39 is 0 Å². The third kappa shape index (κ3) is 4.86. The third-order valence-corrected chi connectivity index (χ3v) is 4.02. The molecular formula is C15H31N. The lowest BCUT2D eigenvalue weighted by Crippen LogP contribution is -2.37. The van der Waals surface area contributed by atoms with E-state index in [-0.39, 0.29) is 0 Å². The van der Waals surface area contributed by atoms with Crippen LogP contribution in [0, 0.1) is 23.7 Å². The molecule has 0 heterocycles. The van der Waals surface area contributed by atoms with Gasteiger partial charge in [-0.25, -0.2) is 0 Å². The van der Waals surface area contributed by atoms with Crippen molar-refractivity contribution >= 4 is 0 Å². The molecule has 0 bridgehead atoms. The molecule has 3 unspecified atom stereocenters. The van der Waals surface area contributed by atoms with Crippen molar-refractivity contribution in [2.45, 2.75) is 59.8 Å². The summed E-state index contributed by atoms with van der Waals surface area (Å²) in [4.78, 5) is 0. The van der Waals surface area contributed by atoms with E-state index in [1.165, 1.54) is 45.2 Å². The quantitative estimate of drug-likeness (QED) is 0.656. The fourth-order valence-electron chi connectivity index (χ4n) is 2.90. The summed E-state index contributed by atoms with van der Waals surface area (Å²) >= 11 is 0. The van der Waals surface area contributed by atoms with Crippen molar-refractivity contribution in [2.24, 2.45) is 23.7 Å². The Kier molecular flexibility index (Phi) is 6.41. The van der Waals surface area contributed by atoms with Gasteiger partial charge in [0.05, 0.1) is 0 Å². The molecule has 1 saturated carbocycles. The van der Waals surface area contributed by atoms with Gasteiger partial charge in [0.1, 0.15) is 0 Å². The van der Waals surface area contributed by atoms with Crippen molar-refractivity contribution in [2.75, 3.05) is 13.1 Å². The Labute approximate surface area is 102 Å². The Bertz CT molecular complexity index is 176. The second-order valence-corrected chi connectivity index (χ2v) is 6.28. The minimum absolute atomic E-state index is 0.789. The van der Waals surface area contributed by atoms with Gasteiger partial charge in [-0.1, -0.05) is 40.5 Å². The van der Waals surface area contributed by atoms with Crippen molar-refractivity contribution < 1.29 is 0 Å². The first kappa shape index (κ1) is 14.0. The Morgan fingerprint density at radius 3 is 2.31 bits per heavy atom. The molecule has 0 aromatic carbocycles. The Morgan fingerprint density at radius 1 is 1.12 bits per heavy atom. The molecule has 0 saturated heterocycles. The highest BCUT2D eigenvalue weighted by molar-refractivity contribution is 4.83. The summed E-state index contributed by atoms with van der Waals surface area (Å²) in [6, 6.07) is 0. The summed E-state index contributed by atoms with van der Waals surface area (Å²) in [5.41, 5.74) is 0. The van der Waals surface area contributed by atoms with Crippen LogP contribution in [0.1, 0.15) is 59.8 Å². The smallest absolute Gasteiger partial charge is 0.00178 e. The molecule has 3 atom stereocenters. The van der Waals surface area contributed by atoms with Gasteiger partial charge in [0.15, 0.2) is 0 Å². The highest BCUT2D eigenvalue weighted by Gasteiger charge is 2.30. The molecule has 1 fully saturated rings. The summed E-state index contributed by atoms with van der Waals surface area (Å²) in [6.45, 7) is 11.8. The lowest BCUT2D eigenvalue weighted by molar-refractivity contribution is 0.137. The summed E-state index contributed by atoms with van der Waals surface area (Å²) < 4.78 is 0. The van der Waals surface area contributed by atoms with Gasteiger partial charge < -0.3 is 5.32 Å². The summed E-state index contributed by atoms with van der Waals surface area (Å²) in [7, 11) is 0. The van der Waals surface area contributed by atoms with Crippen LogP contribution < -0.4 is 5.32 Å². The van der Waals surface area contributed by atoms with Crippen LogP contribution in [-0.2, 0) is 0 Å². The zero-order valence-corrected chi connectivity index (χ0v) is 11.8. The minimum atomic E-state index is 0.789. The third-order valence-electron chi connectivity index (χ3n) is 4.02. The second kappa shape index (κ2) is 7.32. The average Bonchev–Trinajstić information content (AvgIpc) is 2.19.